The molecule has 0 saturated heterocycles. The number of rotatable bonds is 6. The van der Waals surface area contributed by atoms with Crippen LogP contribution < -0.4 is 0 Å². The standard InChI is InChI=1S/C29H37NO3S/c1-19(31)17-34-18-27(32)33-22-10-12-28(2)21(15-22)6-7-23-25-9-8-24(20-5-4-14-30-16-20)29(25,3)13-11-26(23)28/h4-6,8,14,16,22-23,25-26H,7,9-13,15,17-18H2,1-3H3/t22-,23-,25-,26-,28-,29+/m0/s1. The number of ketones is 1. The third-order valence-electron chi connectivity index (χ3n) is 9.44. The van der Waals surface area contributed by atoms with E-state index in [1.165, 1.54) is 47.7 Å². The van der Waals surface area contributed by atoms with Gasteiger partial charge in [-0.25, -0.2) is 0 Å². The number of carbonyl (C=O) groups excluding carboxylic acids is 2. The van der Waals surface area contributed by atoms with Crippen LogP contribution in [0.1, 0.15) is 71.3 Å². The maximum absolute atomic E-state index is 12.3. The van der Waals surface area contributed by atoms with Crippen molar-refractivity contribution in [3.8, 4) is 0 Å². The number of hydrogen-bond donors (Lipinski definition) is 0. The number of aromatic nitrogens is 1. The molecule has 182 valence electrons. The zero-order chi connectivity index (χ0) is 23.9. The van der Waals surface area contributed by atoms with Gasteiger partial charge in [-0.1, -0.05) is 37.6 Å². The van der Waals surface area contributed by atoms with E-state index in [1.54, 1.807) is 6.92 Å². The van der Waals surface area contributed by atoms with E-state index in [9.17, 15) is 9.59 Å². The third-order valence-corrected chi connectivity index (χ3v) is 10.5. The van der Waals surface area contributed by atoms with E-state index >= 15 is 0 Å². The van der Waals surface area contributed by atoms with E-state index in [0.29, 0.717) is 11.7 Å². The summed E-state index contributed by atoms with van der Waals surface area (Å²) in [5.41, 5.74) is 4.82. The molecule has 2 fully saturated rings. The smallest absolute Gasteiger partial charge is 0.316 e. The van der Waals surface area contributed by atoms with Gasteiger partial charge in [0.05, 0.1) is 11.5 Å². The summed E-state index contributed by atoms with van der Waals surface area (Å²) >= 11 is 1.35. The molecule has 0 unspecified atom stereocenters. The molecule has 0 bridgehead atoms. The third kappa shape index (κ3) is 4.19. The summed E-state index contributed by atoms with van der Waals surface area (Å²) < 4.78 is 5.83. The lowest BCUT2D eigenvalue weighted by atomic mass is 9.47. The minimum Gasteiger partial charge on any atom is -0.461 e. The minimum absolute atomic E-state index is 0.0134. The van der Waals surface area contributed by atoms with E-state index in [1.807, 2.05) is 12.4 Å². The average Bonchev–Trinajstić information content (AvgIpc) is 3.17. The van der Waals surface area contributed by atoms with Crippen molar-refractivity contribution in [1.29, 1.82) is 0 Å². The minimum atomic E-state index is -0.178. The number of thioether (sulfide) groups is 1. The van der Waals surface area contributed by atoms with Crippen LogP contribution in [-0.4, -0.2) is 34.3 Å². The molecule has 1 aromatic heterocycles. The lowest BCUT2D eigenvalue weighted by Crippen LogP contribution is -2.50. The zero-order valence-electron chi connectivity index (χ0n) is 20.7. The Hall–Kier alpha value is -1.88. The van der Waals surface area contributed by atoms with Crippen LogP contribution in [-0.2, 0) is 14.3 Å². The molecular weight excluding hydrogens is 442 g/mol. The summed E-state index contributed by atoms with van der Waals surface area (Å²) in [5, 5.41) is 0. The number of allylic oxidation sites excluding steroid dienone is 3. The predicted octanol–water partition coefficient (Wildman–Crippen LogP) is 6.27. The Balaban J connectivity index is 1.27. The highest BCUT2D eigenvalue weighted by atomic mass is 32.2. The molecule has 1 heterocycles. The number of Topliss-reactive ketones (excluding diaryl/α,β-unsaturated/α-hetero) is 1. The van der Waals surface area contributed by atoms with Crippen LogP contribution in [0.5, 0.6) is 0 Å². The number of esters is 1. The summed E-state index contributed by atoms with van der Waals surface area (Å²) in [6, 6.07) is 4.28. The molecule has 0 aliphatic heterocycles. The number of pyridine rings is 1. The van der Waals surface area contributed by atoms with Crippen molar-refractivity contribution in [2.75, 3.05) is 11.5 Å². The number of fused-ring (bicyclic) bond motifs is 5. The summed E-state index contributed by atoms with van der Waals surface area (Å²) in [7, 11) is 0. The zero-order valence-corrected chi connectivity index (χ0v) is 21.5. The number of ether oxygens (including phenoxy) is 1. The van der Waals surface area contributed by atoms with Gasteiger partial charge in [-0.3, -0.25) is 14.6 Å². The lowest BCUT2D eigenvalue weighted by molar-refractivity contribution is -0.148. The van der Waals surface area contributed by atoms with Crippen LogP contribution in [0.15, 0.2) is 42.3 Å². The molecule has 0 spiro atoms. The Bertz CT molecular complexity index is 1020. The number of carbonyl (C=O) groups is 2. The molecule has 6 atom stereocenters. The van der Waals surface area contributed by atoms with E-state index in [4.69, 9.17) is 4.74 Å². The second-order valence-electron chi connectivity index (χ2n) is 11.4. The van der Waals surface area contributed by atoms with Crippen LogP contribution >= 0.6 is 11.8 Å². The first-order valence-electron chi connectivity index (χ1n) is 12.9. The van der Waals surface area contributed by atoms with Gasteiger partial charge in [0.1, 0.15) is 11.9 Å². The molecule has 5 heteroatoms. The van der Waals surface area contributed by atoms with Crippen molar-refractivity contribution in [3.63, 3.8) is 0 Å². The molecule has 4 aliphatic carbocycles. The van der Waals surface area contributed by atoms with Gasteiger partial charge in [0.15, 0.2) is 0 Å². The molecule has 4 nitrogen and oxygen atoms in total. The van der Waals surface area contributed by atoms with E-state index in [0.717, 1.165) is 37.5 Å². The fourth-order valence-electron chi connectivity index (χ4n) is 7.76. The molecule has 5 rings (SSSR count). The molecule has 1 aromatic rings. The van der Waals surface area contributed by atoms with Gasteiger partial charge < -0.3 is 4.74 Å². The molecule has 34 heavy (non-hydrogen) atoms. The predicted molar refractivity (Wildman–Crippen MR) is 137 cm³/mol. The van der Waals surface area contributed by atoms with E-state index < -0.39 is 0 Å². The van der Waals surface area contributed by atoms with Crippen LogP contribution in [0.4, 0.5) is 0 Å². The Labute approximate surface area is 208 Å². The highest BCUT2D eigenvalue weighted by Gasteiger charge is 2.57. The molecular formula is C29H37NO3S. The van der Waals surface area contributed by atoms with Gasteiger partial charge in [-0.05, 0) is 91.2 Å². The maximum Gasteiger partial charge on any atom is 0.316 e. The average molecular weight is 480 g/mol. The van der Waals surface area contributed by atoms with Gasteiger partial charge >= 0.3 is 5.97 Å². The van der Waals surface area contributed by atoms with Gasteiger partial charge in [0, 0.05) is 18.8 Å². The monoisotopic (exact) mass is 479 g/mol. The molecule has 4 aliphatic rings. The maximum atomic E-state index is 12.3. The SMILES string of the molecule is CC(=O)CSCC(=O)O[C@H]1CC[C@@]2(C)C(=CC[C@@H]3[C@@H]2CC[C@]2(C)C(c4cccnc4)=CC[C@@H]32)C1. The second-order valence-corrected chi connectivity index (χ2v) is 12.3. The largest absolute Gasteiger partial charge is 0.461 e. The summed E-state index contributed by atoms with van der Waals surface area (Å²) in [5.74, 6) is 2.71. The van der Waals surface area contributed by atoms with E-state index in [-0.39, 0.29) is 34.4 Å². The van der Waals surface area contributed by atoms with E-state index in [2.05, 4.69) is 43.1 Å². The van der Waals surface area contributed by atoms with Crippen LogP contribution in [0, 0.1) is 28.6 Å². The van der Waals surface area contributed by atoms with Crippen molar-refractivity contribution in [2.45, 2.75) is 71.8 Å². The van der Waals surface area contributed by atoms with Crippen LogP contribution in [0.2, 0.25) is 0 Å². The first-order valence-corrected chi connectivity index (χ1v) is 14.0. The normalized spacial score (nSPS) is 36.4. The molecule has 0 N–H and O–H groups in total. The summed E-state index contributed by atoms with van der Waals surface area (Å²) in [6.45, 7) is 6.55. The van der Waals surface area contributed by atoms with Gasteiger partial charge in [-0.2, -0.15) is 0 Å². The summed E-state index contributed by atoms with van der Waals surface area (Å²) in [6.07, 6.45) is 16.7. The van der Waals surface area contributed by atoms with Crippen molar-refractivity contribution >= 4 is 29.1 Å². The molecule has 0 radical (unpaired) electrons. The van der Waals surface area contributed by atoms with Crippen molar-refractivity contribution in [3.05, 3.63) is 47.8 Å². The van der Waals surface area contributed by atoms with Crippen LogP contribution in [0.25, 0.3) is 5.57 Å². The quantitative estimate of drug-likeness (QED) is 0.355. The van der Waals surface area contributed by atoms with Crippen LogP contribution in [0.3, 0.4) is 0 Å². The molecule has 2 saturated carbocycles. The first-order chi connectivity index (χ1) is 16.3. The topological polar surface area (TPSA) is 56.3 Å². The Morgan fingerprint density at radius 1 is 1.09 bits per heavy atom. The summed E-state index contributed by atoms with van der Waals surface area (Å²) in [4.78, 5) is 27.8. The molecule has 0 aromatic carbocycles. The highest BCUT2D eigenvalue weighted by Crippen LogP contribution is 2.66. The number of hydrogen-bond acceptors (Lipinski definition) is 5. The fourth-order valence-corrected chi connectivity index (χ4v) is 8.39. The van der Waals surface area contributed by atoms with Gasteiger partial charge in [0.2, 0.25) is 0 Å². The fraction of sp³-hybridized carbons (Fsp3) is 0.621. The Kier molecular flexibility index (Phi) is 6.52. The van der Waals surface area contributed by atoms with Crippen molar-refractivity contribution in [1.82, 2.24) is 4.98 Å². The van der Waals surface area contributed by atoms with Gasteiger partial charge in [-0.15, -0.1) is 11.8 Å². The van der Waals surface area contributed by atoms with Gasteiger partial charge in [0.25, 0.3) is 0 Å². The Morgan fingerprint density at radius 3 is 2.68 bits per heavy atom. The lowest BCUT2D eigenvalue weighted by Gasteiger charge is -2.57. The van der Waals surface area contributed by atoms with Crippen molar-refractivity contribution < 1.29 is 14.3 Å². The van der Waals surface area contributed by atoms with Crippen molar-refractivity contribution in [2.24, 2.45) is 28.6 Å². The Morgan fingerprint density at radius 2 is 1.91 bits per heavy atom. The second kappa shape index (κ2) is 9.29. The molecule has 0 amide bonds. The highest BCUT2D eigenvalue weighted by molar-refractivity contribution is 8.00. The number of nitrogens with zero attached hydrogens (tertiary/aromatic N) is 1. The first kappa shape index (κ1) is 23.8.